The van der Waals surface area contributed by atoms with Gasteiger partial charge in [-0.3, -0.25) is 9.59 Å². The van der Waals surface area contributed by atoms with Crippen LogP contribution in [0.5, 0.6) is 11.5 Å². The minimum Gasteiger partial charge on any atom is -0.507 e. The van der Waals surface area contributed by atoms with E-state index >= 15 is 0 Å². The number of aliphatic hydroxyl groups is 1. The molecule has 0 spiro atoms. The van der Waals surface area contributed by atoms with E-state index in [9.17, 15) is 14.7 Å². The van der Waals surface area contributed by atoms with Crippen molar-refractivity contribution in [3.63, 3.8) is 0 Å². The molecule has 0 aromatic heterocycles. The maximum atomic E-state index is 13.2. The maximum absolute atomic E-state index is 13.2. The number of benzene rings is 3. The zero-order valence-electron chi connectivity index (χ0n) is 22.3. The van der Waals surface area contributed by atoms with Gasteiger partial charge >= 0.3 is 0 Å². The predicted octanol–water partition coefficient (Wildman–Crippen LogP) is 4.96. The van der Waals surface area contributed by atoms with Crippen LogP contribution in [0.4, 0.5) is 0 Å². The van der Waals surface area contributed by atoms with Crippen LogP contribution in [0.3, 0.4) is 0 Å². The minimum atomic E-state index is -0.706. The Kier molecular flexibility index (Phi) is 8.48. The number of rotatable bonds is 10. The van der Waals surface area contributed by atoms with Gasteiger partial charge in [-0.15, -0.1) is 0 Å². The fourth-order valence-electron chi connectivity index (χ4n) is 4.51. The number of carbonyl (C=O) groups is 2. The lowest BCUT2D eigenvalue weighted by Crippen LogP contribution is -2.35. The van der Waals surface area contributed by atoms with Crippen molar-refractivity contribution in [1.29, 1.82) is 0 Å². The van der Waals surface area contributed by atoms with Gasteiger partial charge in [0, 0.05) is 18.7 Å². The molecule has 1 aliphatic rings. The fourth-order valence-corrected chi connectivity index (χ4v) is 4.51. The van der Waals surface area contributed by atoms with Crippen molar-refractivity contribution < 1.29 is 24.2 Å². The summed E-state index contributed by atoms with van der Waals surface area (Å²) >= 11 is 0. The minimum absolute atomic E-state index is 0.0753. The molecule has 1 heterocycles. The highest BCUT2D eigenvalue weighted by Gasteiger charge is 2.45. The molecule has 3 aromatic carbocycles. The predicted molar refractivity (Wildman–Crippen MR) is 147 cm³/mol. The number of likely N-dealkylation sites (N-methyl/N-ethyl adjacent to an activating group) is 1. The lowest BCUT2D eigenvalue weighted by atomic mass is 9.95. The highest BCUT2D eigenvalue weighted by molar-refractivity contribution is 6.46. The van der Waals surface area contributed by atoms with Gasteiger partial charge in [-0.25, -0.2) is 0 Å². The van der Waals surface area contributed by atoms with E-state index in [1.807, 2.05) is 75.3 Å². The number of hydrogen-bond donors (Lipinski definition) is 1. The third-order valence-corrected chi connectivity index (χ3v) is 6.45. The molecule has 0 aliphatic carbocycles. The second-order valence-corrected chi connectivity index (χ2v) is 9.60. The summed E-state index contributed by atoms with van der Waals surface area (Å²) in [7, 11) is 3.82. The number of hydrogen-bond acceptors (Lipinski definition) is 6. The van der Waals surface area contributed by atoms with Crippen LogP contribution in [0.1, 0.15) is 35.2 Å². The first-order chi connectivity index (χ1) is 18.3. The van der Waals surface area contributed by atoms with Crippen LogP contribution in [0, 0.1) is 6.92 Å². The molecule has 38 heavy (non-hydrogen) atoms. The van der Waals surface area contributed by atoms with E-state index in [4.69, 9.17) is 9.47 Å². The third-order valence-electron chi connectivity index (χ3n) is 6.45. The number of likely N-dealkylation sites (tertiary alicyclic amines) is 1. The molecule has 198 valence electrons. The Morgan fingerprint density at radius 1 is 0.947 bits per heavy atom. The molecule has 0 saturated carbocycles. The van der Waals surface area contributed by atoms with Gasteiger partial charge in [-0.2, -0.15) is 0 Å². The smallest absolute Gasteiger partial charge is 0.295 e. The van der Waals surface area contributed by atoms with Crippen molar-refractivity contribution >= 4 is 17.4 Å². The molecule has 3 aromatic rings. The van der Waals surface area contributed by atoms with Crippen LogP contribution < -0.4 is 9.47 Å². The van der Waals surface area contributed by atoms with Gasteiger partial charge in [0.05, 0.1) is 18.2 Å². The molecule has 1 unspecified atom stereocenters. The molecule has 0 bridgehead atoms. The number of Topliss-reactive ketones (excluding diaryl/α,β-unsaturated/α-hetero) is 1. The number of ketones is 1. The lowest BCUT2D eigenvalue weighted by molar-refractivity contribution is -0.140. The average Bonchev–Trinajstić information content (AvgIpc) is 3.16. The Morgan fingerprint density at radius 2 is 1.61 bits per heavy atom. The van der Waals surface area contributed by atoms with Crippen LogP contribution >= 0.6 is 0 Å². The number of nitrogens with zero attached hydrogens (tertiary/aromatic N) is 2. The van der Waals surface area contributed by atoms with E-state index in [1.165, 1.54) is 4.90 Å². The number of aliphatic hydroxyl groups excluding tert-OH is 1. The van der Waals surface area contributed by atoms with Crippen LogP contribution in [-0.4, -0.2) is 60.4 Å². The summed E-state index contributed by atoms with van der Waals surface area (Å²) in [5, 5.41) is 11.3. The highest BCUT2D eigenvalue weighted by Crippen LogP contribution is 2.39. The van der Waals surface area contributed by atoms with Crippen molar-refractivity contribution in [3.8, 4) is 11.5 Å². The van der Waals surface area contributed by atoms with Gasteiger partial charge in [-0.05, 0) is 75.5 Å². The molecule has 0 radical (unpaired) electrons. The van der Waals surface area contributed by atoms with Crippen molar-refractivity contribution in [2.75, 3.05) is 33.8 Å². The second kappa shape index (κ2) is 12.0. The first kappa shape index (κ1) is 26.9. The maximum Gasteiger partial charge on any atom is 0.295 e. The van der Waals surface area contributed by atoms with E-state index < -0.39 is 17.7 Å². The van der Waals surface area contributed by atoms with Gasteiger partial charge in [-0.1, -0.05) is 42.0 Å². The largest absolute Gasteiger partial charge is 0.507 e. The molecular formula is C31H34N2O5. The Balaban J connectivity index is 1.64. The molecule has 1 fully saturated rings. The summed E-state index contributed by atoms with van der Waals surface area (Å²) in [6, 6.07) is 21.6. The Morgan fingerprint density at radius 3 is 2.24 bits per heavy atom. The topological polar surface area (TPSA) is 79.3 Å². The highest BCUT2D eigenvalue weighted by atomic mass is 16.5. The monoisotopic (exact) mass is 514 g/mol. The van der Waals surface area contributed by atoms with Gasteiger partial charge in [0.1, 0.15) is 23.9 Å². The summed E-state index contributed by atoms with van der Waals surface area (Å²) in [6.07, 6.45) is 0. The number of aryl methyl sites for hydroxylation is 1. The van der Waals surface area contributed by atoms with E-state index in [0.717, 1.165) is 16.7 Å². The second-order valence-electron chi connectivity index (χ2n) is 9.60. The lowest BCUT2D eigenvalue weighted by Gasteiger charge is -2.26. The third kappa shape index (κ3) is 6.06. The zero-order chi connectivity index (χ0) is 27.2. The number of amides is 1. The van der Waals surface area contributed by atoms with Crippen LogP contribution in [0.2, 0.25) is 0 Å². The van der Waals surface area contributed by atoms with E-state index in [1.54, 1.807) is 24.3 Å². The van der Waals surface area contributed by atoms with Crippen molar-refractivity contribution in [3.05, 3.63) is 101 Å². The first-order valence-electron chi connectivity index (χ1n) is 12.7. The first-order valence-corrected chi connectivity index (χ1v) is 12.7. The SMILES string of the molecule is CCOc1ccc(C2C(=C(O)c3ccc(OCc4cccc(C)c4)cc3)C(=O)C(=O)N2CCN(C)C)cc1. The summed E-state index contributed by atoms with van der Waals surface area (Å²) in [6.45, 7) is 5.81. The van der Waals surface area contributed by atoms with Crippen LogP contribution in [-0.2, 0) is 16.2 Å². The quantitative estimate of drug-likeness (QED) is 0.234. The van der Waals surface area contributed by atoms with Crippen molar-refractivity contribution in [2.24, 2.45) is 0 Å². The Hall–Kier alpha value is -4.10. The Bertz CT molecular complexity index is 1310. The van der Waals surface area contributed by atoms with Crippen molar-refractivity contribution in [2.45, 2.75) is 26.5 Å². The summed E-state index contributed by atoms with van der Waals surface area (Å²) in [4.78, 5) is 29.8. The Labute approximate surface area is 223 Å². The number of carbonyl (C=O) groups excluding carboxylic acids is 2. The summed E-state index contributed by atoms with van der Waals surface area (Å²) < 4.78 is 11.4. The van der Waals surface area contributed by atoms with E-state index in [0.29, 0.717) is 43.4 Å². The van der Waals surface area contributed by atoms with Crippen LogP contribution in [0.15, 0.2) is 78.4 Å². The van der Waals surface area contributed by atoms with Gasteiger partial charge in [0.25, 0.3) is 11.7 Å². The summed E-state index contributed by atoms with van der Waals surface area (Å²) in [5.74, 6) is -0.189. The fraction of sp³-hybridized carbons (Fsp3) is 0.290. The average molecular weight is 515 g/mol. The molecule has 1 aliphatic heterocycles. The molecule has 1 N–H and O–H groups in total. The normalized spacial score (nSPS) is 16.8. The van der Waals surface area contributed by atoms with E-state index in [-0.39, 0.29) is 11.3 Å². The van der Waals surface area contributed by atoms with Crippen molar-refractivity contribution in [1.82, 2.24) is 9.80 Å². The molecular weight excluding hydrogens is 480 g/mol. The molecule has 1 saturated heterocycles. The van der Waals surface area contributed by atoms with Gasteiger partial charge in [0.15, 0.2) is 0 Å². The molecule has 7 nitrogen and oxygen atoms in total. The molecule has 1 atom stereocenters. The molecule has 7 heteroatoms. The summed E-state index contributed by atoms with van der Waals surface area (Å²) in [5.41, 5.74) is 3.47. The standard InChI is InChI=1S/C31H34N2O5/c1-5-37-25-13-9-23(10-14-25)28-27(30(35)31(36)33(28)18-17-32(3)4)29(34)24-11-15-26(16-12-24)38-20-22-8-6-7-21(2)19-22/h6-16,19,28,34H,5,17-18,20H2,1-4H3. The van der Waals surface area contributed by atoms with E-state index in [2.05, 4.69) is 6.07 Å². The van der Waals surface area contributed by atoms with Crippen LogP contribution in [0.25, 0.3) is 5.76 Å². The van der Waals surface area contributed by atoms with Gasteiger partial charge in [0.2, 0.25) is 0 Å². The number of ether oxygens (including phenoxy) is 2. The molecule has 1 amide bonds. The zero-order valence-corrected chi connectivity index (χ0v) is 22.3. The molecule has 4 rings (SSSR count). The van der Waals surface area contributed by atoms with Gasteiger partial charge < -0.3 is 24.4 Å².